The van der Waals surface area contributed by atoms with Gasteiger partial charge in [0.2, 0.25) is 11.9 Å². The molecular formula is C25H26N6O2S. The van der Waals surface area contributed by atoms with Crippen molar-refractivity contribution in [2.45, 2.75) is 19.8 Å². The lowest BCUT2D eigenvalue weighted by atomic mass is 9.99. The van der Waals surface area contributed by atoms with Crippen molar-refractivity contribution in [1.82, 2.24) is 20.3 Å². The van der Waals surface area contributed by atoms with Crippen molar-refractivity contribution in [2.24, 2.45) is 11.7 Å². The average Bonchev–Trinajstić information content (AvgIpc) is 3.39. The highest BCUT2D eigenvalue weighted by Gasteiger charge is 2.17. The molecular weight excluding hydrogens is 448 g/mol. The van der Waals surface area contributed by atoms with E-state index in [2.05, 4.69) is 20.6 Å². The summed E-state index contributed by atoms with van der Waals surface area (Å²) in [6, 6.07) is 9.26. The topological polar surface area (TPSA) is 115 Å². The lowest BCUT2D eigenvalue weighted by Crippen LogP contribution is -2.30. The van der Waals surface area contributed by atoms with Gasteiger partial charge in [0, 0.05) is 40.5 Å². The summed E-state index contributed by atoms with van der Waals surface area (Å²) in [6.45, 7) is 4.65. The Morgan fingerprint density at radius 2 is 2.09 bits per heavy atom. The van der Waals surface area contributed by atoms with Gasteiger partial charge in [-0.2, -0.15) is 0 Å². The summed E-state index contributed by atoms with van der Waals surface area (Å²) in [7, 11) is 0. The number of nitrogens with zero attached hydrogens (tertiary/aromatic N) is 3. The third-order valence-corrected chi connectivity index (χ3v) is 6.84. The van der Waals surface area contributed by atoms with Crippen LogP contribution in [0.5, 0.6) is 5.75 Å². The van der Waals surface area contributed by atoms with E-state index >= 15 is 0 Å². The van der Waals surface area contributed by atoms with Crippen molar-refractivity contribution >= 4 is 39.8 Å². The quantitative estimate of drug-likeness (QED) is 0.366. The molecule has 2 aromatic carbocycles. The number of fused-ring (bicyclic) bond motifs is 1. The van der Waals surface area contributed by atoms with Crippen LogP contribution in [0.4, 0.5) is 11.6 Å². The molecule has 4 N–H and O–H groups in total. The summed E-state index contributed by atoms with van der Waals surface area (Å²) < 4.78 is 6.34. The van der Waals surface area contributed by atoms with E-state index < -0.39 is 5.91 Å². The van der Waals surface area contributed by atoms with Crippen LogP contribution in [0.2, 0.25) is 0 Å². The highest BCUT2D eigenvalue weighted by molar-refractivity contribution is 7.13. The predicted octanol–water partition coefficient (Wildman–Crippen LogP) is 4.28. The van der Waals surface area contributed by atoms with Gasteiger partial charge in [0.1, 0.15) is 10.8 Å². The van der Waals surface area contributed by atoms with Crippen molar-refractivity contribution in [2.75, 3.05) is 25.0 Å². The molecule has 2 aromatic heterocycles. The molecule has 5 rings (SSSR count). The molecule has 34 heavy (non-hydrogen) atoms. The molecule has 1 saturated heterocycles. The number of anilines is 2. The SMILES string of the molecule is Cc1cc(C(N)=O)ccc1Nc1ncc2cc(-c3nccs3)c(OCC3CCNCC3)cc2n1. The molecule has 9 heteroatoms. The molecule has 8 nitrogen and oxygen atoms in total. The predicted molar refractivity (Wildman–Crippen MR) is 135 cm³/mol. The zero-order valence-electron chi connectivity index (χ0n) is 18.9. The first-order valence-electron chi connectivity index (χ1n) is 11.3. The third kappa shape index (κ3) is 4.85. The second-order valence-corrected chi connectivity index (χ2v) is 9.36. The highest BCUT2D eigenvalue weighted by Crippen LogP contribution is 2.36. The number of aryl methyl sites for hydroxylation is 1. The van der Waals surface area contributed by atoms with Crippen LogP contribution in [0.15, 0.2) is 48.1 Å². The average molecular weight is 475 g/mol. The van der Waals surface area contributed by atoms with E-state index in [4.69, 9.17) is 15.5 Å². The van der Waals surface area contributed by atoms with Gasteiger partial charge in [0.15, 0.2) is 0 Å². The molecule has 1 fully saturated rings. The molecule has 0 aliphatic carbocycles. The van der Waals surface area contributed by atoms with E-state index in [9.17, 15) is 4.79 Å². The van der Waals surface area contributed by atoms with Gasteiger partial charge in [-0.25, -0.2) is 15.0 Å². The second-order valence-electron chi connectivity index (χ2n) is 8.46. The van der Waals surface area contributed by atoms with Gasteiger partial charge in [-0.15, -0.1) is 11.3 Å². The fourth-order valence-electron chi connectivity index (χ4n) is 4.10. The number of hydrogen-bond donors (Lipinski definition) is 3. The van der Waals surface area contributed by atoms with E-state index in [0.29, 0.717) is 24.0 Å². The lowest BCUT2D eigenvalue weighted by Gasteiger charge is -2.23. The van der Waals surface area contributed by atoms with E-state index in [1.54, 1.807) is 35.9 Å². The fourth-order valence-corrected chi connectivity index (χ4v) is 4.76. The summed E-state index contributed by atoms with van der Waals surface area (Å²) in [5.41, 5.74) is 9.27. The standard InChI is InChI=1S/C25H26N6O2S/c1-15-10-17(23(26)32)2-3-20(15)30-25-29-13-18-11-19(24-28-8-9-34-24)22(12-21(18)31-25)33-14-16-4-6-27-7-5-16/h2-3,8-13,16,27H,4-7,14H2,1H3,(H2,26,32)(H,29,30,31). The van der Waals surface area contributed by atoms with Crippen molar-refractivity contribution in [3.8, 4) is 16.3 Å². The molecule has 1 amide bonds. The first-order chi connectivity index (χ1) is 16.6. The van der Waals surface area contributed by atoms with E-state index in [1.165, 1.54) is 0 Å². The maximum atomic E-state index is 11.4. The number of rotatable bonds is 7. The summed E-state index contributed by atoms with van der Waals surface area (Å²) in [5.74, 6) is 1.33. The molecule has 174 valence electrons. The number of hydrogen-bond acceptors (Lipinski definition) is 8. The lowest BCUT2D eigenvalue weighted by molar-refractivity contribution is 0.1000. The van der Waals surface area contributed by atoms with Crippen LogP contribution in [0, 0.1) is 12.8 Å². The normalized spacial score (nSPS) is 14.3. The number of benzene rings is 2. The maximum Gasteiger partial charge on any atom is 0.248 e. The fraction of sp³-hybridized carbons (Fsp3) is 0.280. The first-order valence-corrected chi connectivity index (χ1v) is 12.2. The zero-order valence-corrected chi connectivity index (χ0v) is 19.7. The third-order valence-electron chi connectivity index (χ3n) is 6.03. The second kappa shape index (κ2) is 9.74. The molecule has 1 aliphatic heterocycles. The Hall–Kier alpha value is -3.56. The number of piperidine rings is 1. The molecule has 0 atom stereocenters. The van der Waals surface area contributed by atoms with Gasteiger partial charge in [0.05, 0.1) is 17.7 Å². The van der Waals surface area contributed by atoms with Crippen LogP contribution in [0.25, 0.3) is 21.5 Å². The first kappa shape index (κ1) is 22.2. The number of primary amides is 1. The molecule has 0 bridgehead atoms. The minimum atomic E-state index is -0.454. The summed E-state index contributed by atoms with van der Waals surface area (Å²) in [5, 5.41) is 10.4. The number of amides is 1. The Morgan fingerprint density at radius 1 is 1.24 bits per heavy atom. The minimum Gasteiger partial charge on any atom is -0.492 e. The van der Waals surface area contributed by atoms with Crippen LogP contribution in [0.1, 0.15) is 28.8 Å². The molecule has 4 aromatic rings. The maximum absolute atomic E-state index is 11.4. The Balaban J connectivity index is 1.45. The zero-order chi connectivity index (χ0) is 23.5. The number of aromatic nitrogens is 3. The highest BCUT2D eigenvalue weighted by atomic mass is 32.1. The van der Waals surface area contributed by atoms with Crippen LogP contribution < -0.4 is 21.1 Å². The van der Waals surface area contributed by atoms with Crippen LogP contribution in [-0.2, 0) is 0 Å². The number of nitrogens with one attached hydrogen (secondary N) is 2. The smallest absolute Gasteiger partial charge is 0.248 e. The van der Waals surface area contributed by atoms with Crippen molar-refractivity contribution in [3.05, 3.63) is 59.2 Å². The number of carbonyl (C=O) groups excluding carboxylic acids is 1. The largest absolute Gasteiger partial charge is 0.492 e. The monoisotopic (exact) mass is 474 g/mol. The van der Waals surface area contributed by atoms with Crippen LogP contribution in [-0.4, -0.2) is 40.6 Å². The van der Waals surface area contributed by atoms with Gasteiger partial charge >= 0.3 is 0 Å². The molecule has 0 radical (unpaired) electrons. The molecule has 0 spiro atoms. The number of carbonyl (C=O) groups is 1. The van der Waals surface area contributed by atoms with Crippen molar-refractivity contribution in [3.63, 3.8) is 0 Å². The van der Waals surface area contributed by atoms with E-state index in [0.717, 1.165) is 64.4 Å². The van der Waals surface area contributed by atoms with Gasteiger partial charge in [-0.1, -0.05) is 0 Å². The van der Waals surface area contributed by atoms with Crippen LogP contribution in [0.3, 0.4) is 0 Å². The van der Waals surface area contributed by atoms with Gasteiger partial charge in [-0.3, -0.25) is 4.79 Å². The Kier molecular flexibility index (Phi) is 6.37. The Morgan fingerprint density at radius 3 is 2.82 bits per heavy atom. The Labute approximate surface area is 201 Å². The number of nitrogens with two attached hydrogens (primary N) is 1. The minimum absolute atomic E-state index is 0.454. The molecule has 0 saturated carbocycles. The summed E-state index contributed by atoms with van der Waals surface area (Å²) >= 11 is 1.58. The molecule has 1 aliphatic rings. The van der Waals surface area contributed by atoms with Crippen molar-refractivity contribution in [1.29, 1.82) is 0 Å². The van der Waals surface area contributed by atoms with Gasteiger partial charge in [-0.05, 0) is 68.6 Å². The van der Waals surface area contributed by atoms with Crippen molar-refractivity contribution < 1.29 is 9.53 Å². The summed E-state index contributed by atoms with van der Waals surface area (Å²) in [6.07, 6.45) is 5.83. The number of ether oxygens (including phenoxy) is 1. The van der Waals surface area contributed by atoms with E-state index in [1.807, 2.05) is 30.5 Å². The van der Waals surface area contributed by atoms with E-state index in [-0.39, 0.29) is 0 Å². The number of thiazole rings is 1. The van der Waals surface area contributed by atoms with Gasteiger partial charge in [0.25, 0.3) is 0 Å². The molecule has 3 heterocycles. The van der Waals surface area contributed by atoms with Crippen LogP contribution >= 0.6 is 11.3 Å². The Bertz CT molecular complexity index is 1320. The van der Waals surface area contributed by atoms with Gasteiger partial charge < -0.3 is 21.1 Å². The molecule has 0 unspecified atom stereocenters. The summed E-state index contributed by atoms with van der Waals surface area (Å²) in [4.78, 5) is 25.1.